The van der Waals surface area contributed by atoms with Crippen molar-refractivity contribution < 1.29 is 13.2 Å². The lowest BCUT2D eigenvalue weighted by Gasteiger charge is -2.13. The van der Waals surface area contributed by atoms with Gasteiger partial charge in [0.05, 0.1) is 0 Å². The zero-order valence-electron chi connectivity index (χ0n) is 7.76. The zero-order valence-corrected chi connectivity index (χ0v) is 7.76. The number of anilines is 1. The Morgan fingerprint density at radius 3 is 2.43 bits per heavy atom. The molecule has 14 heavy (non-hydrogen) atoms. The molecule has 0 aliphatic rings. The van der Waals surface area contributed by atoms with E-state index in [9.17, 15) is 13.2 Å². The summed E-state index contributed by atoms with van der Waals surface area (Å²) >= 11 is 0. The molecule has 1 heterocycles. The van der Waals surface area contributed by atoms with Gasteiger partial charge in [0.15, 0.2) is 0 Å². The number of halogens is 3. The summed E-state index contributed by atoms with van der Waals surface area (Å²) in [5.74, 6) is 0.171. The molecular weight excluding hydrogens is 195 g/mol. The van der Waals surface area contributed by atoms with Crippen LogP contribution in [0.15, 0.2) is 18.2 Å². The summed E-state index contributed by atoms with van der Waals surface area (Å²) in [7, 11) is 3.34. The van der Waals surface area contributed by atoms with E-state index in [0.717, 1.165) is 6.07 Å². The van der Waals surface area contributed by atoms with Gasteiger partial charge in [0.25, 0.3) is 0 Å². The molecule has 0 bridgehead atoms. The number of hydrogen-bond acceptors (Lipinski definition) is 3. The molecule has 3 nitrogen and oxygen atoms in total. The molecular formula is C8H10F3N3. The molecule has 0 radical (unpaired) electrons. The van der Waals surface area contributed by atoms with Crippen molar-refractivity contribution in [2.45, 2.75) is 6.18 Å². The van der Waals surface area contributed by atoms with Crippen molar-refractivity contribution in [2.75, 3.05) is 19.5 Å². The van der Waals surface area contributed by atoms with E-state index < -0.39 is 11.9 Å². The SMILES string of the molecule is CN(C)Nc1cccc(C(F)(F)F)n1. The van der Waals surface area contributed by atoms with Crippen LogP contribution >= 0.6 is 0 Å². The normalized spacial score (nSPS) is 11.9. The van der Waals surface area contributed by atoms with Gasteiger partial charge in [-0.05, 0) is 12.1 Å². The van der Waals surface area contributed by atoms with E-state index in [1.54, 1.807) is 14.1 Å². The van der Waals surface area contributed by atoms with Gasteiger partial charge in [0.1, 0.15) is 11.5 Å². The molecule has 1 N–H and O–H groups in total. The van der Waals surface area contributed by atoms with E-state index in [1.807, 2.05) is 0 Å². The summed E-state index contributed by atoms with van der Waals surface area (Å²) in [6, 6.07) is 3.71. The summed E-state index contributed by atoms with van der Waals surface area (Å²) in [5.41, 5.74) is 1.74. The van der Waals surface area contributed by atoms with Gasteiger partial charge in [-0.3, -0.25) is 0 Å². The Balaban J connectivity index is 2.90. The number of nitrogens with zero attached hydrogens (tertiary/aromatic N) is 2. The second kappa shape index (κ2) is 3.83. The maximum absolute atomic E-state index is 12.2. The van der Waals surface area contributed by atoms with Crippen LogP contribution in [0.1, 0.15) is 5.69 Å². The minimum Gasteiger partial charge on any atom is -0.304 e. The number of nitrogens with one attached hydrogen (secondary N) is 1. The molecule has 0 amide bonds. The van der Waals surface area contributed by atoms with Gasteiger partial charge in [0.2, 0.25) is 0 Å². The summed E-state index contributed by atoms with van der Waals surface area (Å²) in [4.78, 5) is 3.41. The lowest BCUT2D eigenvalue weighted by Crippen LogP contribution is -2.21. The molecule has 0 saturated carbocycles. The fourth-order valence-corrected chi connectivity index (χ4v) is 0.884. The van der Waals surface area contributed by atoms with Crippen molar-refractivity contribution in [2.24, 2.45) is 0 Å². The van der Waals surface area contributed by atoms with Gasteiger partial charge in [-0.1, -0.05) is 6.07 Å². The minimum absolute atomic E-state index is 0.171. The molecule has 78 valence electrons. The Morgan fingerprint density at radius 2 is 1.93 bits per heavy atom. The maximum atomic E-state index is 12.2. The third kappa shape index (κ3) is 2.88. The van der Waals surface area contributed by atoms with Crippen molar-refractivity contribution in [3.05, 3.63) is 23.9 Å². The van der Waals surface area contributed by atoms with Crippen LogP contribution in [0.4, 0.5) is 19.0 Å². The number of hydrogen-bond donors (Lipinski definition) is 1. The quantitative estimate of drug-likeness (QED) is 0.748. The van der Waals surface area contributed by atoms with E-state index in [1.165, 1.54) is 17.1 Å². The Hall–Kier alpha value is -1.30. The monoisotopic (exact) mass is 205 g/mol. The zero-order chi connectivity index (χ0) is 10.8. The van der Waals surface area contributed by atoms with Gasteiger partial charge in [-0.15, -0.1) is 0 Å². The van der Waals surface area contributed by atoms with Gasteiger partial charge in [-0.25, -0.2) is 9.99 Å². The molecule has 0 aliphatic carbocycles. The molecule has 6 heteroatoms. The highest BCUT2D eigenvalue weighted by atomic mass is 19.4. The molecule has 1 aromatic heterocycles. The first-order chi connectivity index (χ1) is 6.39. The van der Waals surface area contributed by atoms with E-state index in [4.69, 9.17) is 0 Å². The Bertz CT molecular complexity index is 309. The predicted molar refractivity (Wildman–Crippen MR) is 46.5 cm³/mol. The average molecular weight is 205 g/mol. The molecule has 1 rings (SSSR count). The number of pyridine rings is 1. The van der Waals surface area contributed by atoms with Crippen LogP contribution < -0.4 is 5.43 Å². The third-order valence-corrected chi connectivity index (χ3v) is 1.38. The Morgan fingerprint density at radius 1 is 1.29 bits per heavy atom. The molecule has 1 aromatic rings. The van der Waals surface area contributed by atoms with Crippen LogP contribution in [0.3, 0.4) is 0 Å². The number of aromatic nitrogens is 1. The second-order valence-corrected chi connectivity index (χ2v) is 2.91. The van der Waals surface area contributed by atoms with Crippen LogP contribution in [-0.2, 0) is 6.18 Å². The lowest BCUT2D eigenvalue weighted by molar-refractivity contribution is -0.141. The molecule has 0 aromatic carbocycles. The highest BCUT2D eigenvalue weighted by Gasteiger charge is 2.32. The smallest absolute Gasteiger partial charge is 0.304 e. The summed E-state index contributed by atoms with van der Waals surface area (Å²) < 4.78 is 36.6. The van der Waals surface area contributed by atoms with Crippen molar-refractivity contribution >= 4 is 5.82 Å². The number of rotatable bonds is 2. The molecule has 0 spiro atoms. The fraction of sp³-hybridized carbons (Fsp3) is 0.375. The van der Waals surface area contributed by atoms with Crippen LogP contribution in [-0.4, -0.2) is 24.1 Å². The highest BCUT2D eigenvalue weighted by Crippen LogP contribution is 2.27. The summed E-state index contributed by atoms with van der Waals surface area (Å²) in [6.45, 7) is 0. The molecule has 0 fully saturated rings. The van der Waals surface area contributed by atoms with Crippen LogP contribution in [0.25, 0.3) is 0 Å². The molecule has 0 saturated heterocycles. The first kappa shape index (κ1) is 10.8. The molecule has 0 atom stereocenters. The maximum Gasteiger partial charge on any atom is 0.433 e. The van der Waals surface area contributed by atoms with Crippen molar-refractivity contribution in [3.63, 3.8) is 0 Å². The Labute approximate surface area is 79.5 Å². The summed E-state index contributed by atoms with van der Waals surface area (Å²) in [5, 5.41) is 1.52. The lowest BCUT2D eigenvalue weighted by atomic mass is 10.3. The largest absolute Gasteiger partial charge is 0.433 e. The summed E-state index contributed by atoms with van der Waals surface area (Å²) in [6.07, 6.45) is -4.40. The topological polar surface area (TPSA) is 28.2 Å². The van der Waals surface area contributed by atoms with Crippen molar-refractivity contribution in [1.29, 1.82) is 0 Å². The van der Waals surface area contributed by atoms with Crippen molar-refractivity contribution in [1.82, 2.24) is 9.99 Å². The molecule has 0 unspecified atom stereocenters. The van der Waals surface area contributed by atoms with Crippen LogP contribution in [0.2, 0.25) is 0 Å². The van der Waals surface area contributed by atoms with Gasteiger partial charge in [-0.2, -0.15) is 13.2 Å². The van der Waals surface area contributed by atoms with Crippen LogP contribution in [0, 0.1) is 0 Å². The van der Waals surface area contributed by atoms with Gasteiger partial charge < -0.3 is 5.43 Å². The van der Waals surface area contributed by atoms with Gasteiger partial charge in [0, 0.05) is 14.1 Å². The number of alkyl halides is 3. The highest BCUT2D eigenvalue weighted by molar-refractivity contribution is 5.34. The minimum atomic E-state index is -4.40. The van der Waals surface area contributed by atoms with Gasteiger partial charge >= 0.3 is 6.18 Å². The fourth-order valence-electron chi connectivity index (χ4n) is 0.884. The average Bonchev–Trinajstić information content (AvgIpc) is 2.01. The van der Waals surface area contributed by atoms with Crippen molar-refractivity contribution in [3.8, 4) is 0 Å². The van der Waals surface area contributed by atoms with Crippen LogP contribution in [0.5, 0.6) is 0 Å². The standard InChI is InChI=1S/C8H10F3N3/c1-14(2)13-7-5-3-4-6(12-7)8(9,10)11/h3-5H,1-2H3,(H,12,13). The van der Waals surface area contributed by atoms with E-state index >= 15 is 0 Å². The second-order valence-electron chi connectivity index (χ2n) is 2.91. The predicted octanol–water partition coefficient (Wildman–Crippen LogP) is 1.99. The van der Waals surface area contributed by atoms with E-state index in [0.29, 0.717) is 0 Å². The third-order valence-electron chi connectivity index (χ3n) is 1.38. The number of hydrazine groups is 1. The first-order valence-electron chi connectivity index (χ1n) is 3.88. The first-order valence-corrected chi connectivity index (χ1v) is 3.88. The Kier molecular flexibility index (Phi) is 2.95. The van der Waals surface area contributed by atoms with E-state index in [2.05, 4.69) is 10.4 Å². The molecule has 0 aliphatic heterocycles. The van der Waals surface area contributed by atoms with E-state index in [-0.39, 0.29) is 5.82 Å².